The number of nitrogens with zero attached hydrogens (tertiary/aromatic N) is 2. The lowest BCUT2D eigenvalue weighted by Gasteiger charge is -2.18. The molecule has 0 aliphatic heterocycles. The molecule has 0 spiro atoms. The van der Waals surface area contributed by atoms with Crippen molar-refractivity contribution in [3.8, 4) is 0 Å². The SMILES string of the molecule is CC1Cc2cc(F)ccc2/C1=N/N(C(N)=O)c1ccc(C(F)(F)F)cc1. The fourth-order valence-electron chi connectivity index (χ4n) is 2.96. The normalized spacial score (nSPS) is 18.0. The van der Waals surface area contributed by atoms with Crippen LogP contribution in [0.4, 0.5) is 28.0 Å². The average Bonchev–Trinajstić information content (AvgIpc) is 2.86. The van der Waals surface area contributed by atoms with Crippen LogP contribution in [0.25, 0.3) is 0 Å². The number of rotatable bonds is 2. The third-order valence-electron chi connectivity index (χ3n) is 4.19. The first-order chi connectivity index (χ1) is 12.2. The van der Waals surface area contributed by atoms with Crippen LogP contribution in [-0.2, 0) is 12.6 Å². The van der Waals surface area contributed by atoms with Crippen molar-refractivity contribution in [3.05, 3.63) is 65.0 Å². The summed E-state index contributed by atoms with van der Waals surface area (Å²) in [7, 11) is 0. The molecule has 0 bridgehead atoms. The van der Waals surface area contributed by atoms with E-state index in [1.165, 1.54) is 12.1 Å². The van der Waals surface area contributed by atoms with E-state index in [1.807, 2.05) is 6.92 Å². The maximum atomic E-state index is 13.4. The lowest BCUT2D eigenvalue weighted by molar-refractivity contribution is -0.137. The monoisotopic (exact) mass is 365 g/mol. The van der Waals surface area contributed by atoms with Gasteiger partial charge in [0.25, 0.3) is 0 Å². The first-order valence-electron chi connectivity index (χ1n) is 7.81. The molecule has 2 amide bonds. The van der Waals surface area contributed by atoms with Gasteiger partial charge in [0.05, 0.1) is 17.0 Å². The van der Waals surface area contributed by atoms with Gasteiger partial charge in [-0.15, -0.1) is 0 Å². The number of primary amides is 1. The summed E-state index contributed by atoms with van der Waals surface area (Å²) in [6, 6.07) is 7.30. The highest BCUT2D eigenvalue weighted by atomic mass is 19.4. The van der Waals surface area contributed by atoms with Crippen molar-refractivity contribution in [1.29, 1.82) is 0 Å². The summed E-state index contributed by atoms with van der Waals surface area (Å²) in [5.41, 5.74) is 6.61. The highest BCUT2D eigenvalue weighted by molar-refractivity contribution is 6.08. The number of alkyl halides is 3. The highest BCUT2D eigenvalue weighted by Gasteiger charge is 2.31. The molecule has 0 radical (unpaired) electrons. The van der Waals surface area contributed by atoms with E-state index in [-0.39, 0.29) is 17.4 Å². The van der Waals surface area contributed by atoms with Crippen LogP contribution < -0.4 is 10.7 Å². The molecule has 0 saturated carbocycles. The summed E-state index contributed by atoms with van der Waals surface area (Å²) in [5, 5.41) is 5.11. The largest absolute Gasteiger partial charge is 0.416 e. The Morgan fingerprint density at radius 1 is 1.19 bits per heavy atom. The number of amides is 2. The molecule has 1 atom stereocenters. The Hall–Kier alpha value is -2.90. The van der Waals surface area contributed by atoms with Crippen LogP contribution in [0, 0.1) is 11.7 Å². The van der Waals surface area contributed by atoms with E-state index >= 15 is 0 Å². The molecule has 0 heterocycles. The molecule has 0 fully saturated rings. The fourth-order valence-corrected chi connectivity index (χ4v) is 2.96. The zero-order chi connectivity index (χ0) is 19.1. The van der Waals surface area contributed by atoms with Crippen molar-refractivity contribution in [1.82, 2.24) is 0 Å². The van der Waals surface area contributed by atoms with Gasteiger partial charge < -0.3 is 5.73 Å². The molecular formula is C18H15F4N3O. The van der Waals surface area contributed by atoms with Crippen molar-refractivity contribution in [3.63, 3.8) is 0 Å². The summed E-state index contributed by atoms with van der Waals surface area (Å²) < 4.78 is 51.5. The number of hydrazone groups is 1. The zero-order valence-corrected chi connectivity index (χ0v) is 13.7. The minimum atomic E-state index is -4.48. The number of hydrogen-bond donors (Lipinski definition) is 1. The second-order valence-corrected chi connectivity index (χ2v) is 6.09. The van der Waals surface area contributed by atoms with Gasteiger partial charge in [-0.05, 0) is 54.4 Å². The lowest BCUT2D eigenvalue weighted by atomic mass is 10.1. The minimum absolute atomic E-state index is 0.0944. The van der Waals surface area contributed by atoms with Gasteiger partial charge in [-0.25, -0.2) is 9.18 Å². The van der Waals surface area contributed by atoms with Crippen molar-refractivity contribution < 1.29 is 22.4 Å². The molecule has 1 aliphatic carbocycles. The number of benzene rings is 2. The van der Waals surface area contributed by atoms with Gasteiger partial charge in [-0.2, -0.15) is 23.3 Å². The number of carbonyl (C=O) groups excluding carboxylic acids is 1. The van der Waals surface area contributed by atoms with Crippen LogP contribution in [0.15, 0.2) is 47.6 Å². The van der Waals surface area contributed by atoms with Crippen LogP contribution in [0.1, 0.15) is 23.6 Å². The van der Waals surface area contributed by atoms with Crippen LogP contribution in [0.3, 0.4) is 0 Å². The maximum absolute atomic E-state index is 13.4. The summed E-state index contributed by atoms with van der Waals surface area (Å²) in [6.45, 7) is 1.86. The second-order valence-electron chi connectivity index (χ2n) is 6.09. The average molecular weight is 365 g/mol. The van der Waals surface area contributed by atoms with Gasteiger partial charge in [0, 0.05) is 11.5 Å². The number of carbonyl (C=O) groups is 1. The zero-order valence-electron chi connectivity index (χ0n) is 13.7. The quantitative estimate of drug-likeness (QED) is 0.625. The summed E-state index contributed by atoms with van der Waals surface area (Å²) in [5.74, 6) is -0.463. The number of urea groups is 1. The van der Waals surface area contributed by atoms with Gasteiger partial charge in [-0.1, -0.05) is 6.92 Å². The topological polar surface area (TPSA) is 58.7 Å². The maximum Gasteiger partial charge on any atom is 0.416 e. The molecule has 0 aromatic heterocycles. The fraction of sp³-hybridized carbons (Fsp3) is 0.222. The minimum Gasteiger partial charge on any atom is -0.350 e. The number of hydrogen-bond acceptors (Lipinski definition) is 2. The summed E-state index contributed by atoms with van der Waals surface area (Å²) in [4.78, 5) is 11.8. The Morgan fingerprint density at radius 2 is 1.85 bits per heavy atom. The van der Waals surface area contributed by atoms with E-state index in [9.17, 15) is 22.4 Å². The predicted molar refractivity (Wildman–Crippen MR) is 89.3 cm³/mol. The van der Waals surface area contributed by atoms with Crippen LogP contribution in [0.5, 0.6) is 0 Å². The number of fused-ring (bicyclic) bond motifs is 1. The van der Waals surface area contributed by atoms with E-state index in [2.05, 4.69) is 5.10 Å². The summed E-state index contributed by atoms with van der Waals surface area (Å²) in [6.07, 6.45) is -3.93. The molecule has 8 heteroatoms. The number of nitrogens with two attached hydrogens (primary N) is 1. The molecule has 2 aromatic rings. The molecule has 26 heavy (non-hydrogen) atoms. The van der Waals surface area contributed by atoms with E-state index < -0.39 is 17.8 Å². The number of halogens is 4. The van der Waals surface area contributed by atoms with Crippen LogP contribution >= 0.6 is 0 Å². The van der Waals surface area contributed by atoms with Crippen molar-refractivity contribution >= 4 is 17.4 Å². The Balaban J connectivity index is 2.00. The molecule has 3 rings (SSSR count). The molecular weight excluding hydrogens is 350 g/mol. The van der Waals surface area contributed by atoms with E-state index in [1.54, 1.807) is 6.07 Å². The van der Waals surface area contributed by atoms with Gasteiger partial charge in [0.2, 0.25) is 0 Å². The molecule has 1 aliphatic rings. The Morgan fingerprint density at radius 3 is 2.42 bits per heavy atom. The van der Waals surface area contributed by atoms with Crippen molar-refractivity contribution in [2.75, 3.05) is 5.01 Å². The molecule has 2 N–H and O–H groups in total. The first kappa shape index (κ1) is 17.9. The smallest absolute Gasteiger partial charge is 0.350 e. The van der Waals surface area contributed by atoms with E-state index in [0.29, 0.717) is 17.7 Å². The van der Waals surface area contributed by atoms with Crippen LogP contribution in [0.2, 0.25) is 0 Å². The second kappa shape index (κ2) is 6.44. The predicted octanol–water partition coefficient (Wildman–Crippen LogP) is 4.33. The highest BCUT2D eigenvalue weighted by Crippen LogP contribution is 2.32. The van der Waals surface area contributed by atoms with Gasteiger partial charge >= 0.3 is 12.2 Å². The Bertz CT molecular complexity index is 875. The third-order valence-corrected chi connectivity index (χ3v) is 4.19. The first-order valence-corrected chi connectivity index (χ1v) is 7.81. The Kier molecular flexibility index (Phi) is 4.43. The van der Waals surface area contributed by atoms with Crippen LogP contribution in [-0.4, -0.2) is 11.7 Å². The van der Waals surface area contributed by atoms with E-state index in [0.717, 1.165) is 34.8 Å². The van der Waals surface area contributed by atoms with Gasteiger partial charge in [-0.3, -0.25) is 0 Å². The summed E-state index contributed by atoms with van der Waals surface area (Å²) >= 11 is 0. The molecule has 1 unspecified atom stereocenters. The van der Waals surface area contributed by atoms with Gasteiger partial charge in [0.1, 0.15) is 5.82 Å². The molecule has 4 nitrogen and oxygen atoms in total. The van der Waals surface area contributed by atoms with Crippen molar-refractivity contribution in [2.24, 2.45) is 16.8 Å². The molecule has 2 aromatic carbocycles. The standard InChI is InChI=1S/C18H15F4N3O/c1-10-8-11-9-13(19)4-7-15(11)16(10)24-25(17(23)26)14-5-2-12(3-6-14)18(20,21)22/h2-7,9-10H,8H2,1H3,(H2,23,26)/b24-16+. The molecule has 0 saturated heterocycles. The van der Waals surface area contributed by atoms with Gasteiger partial charge in [0.15, 0.2) is 0 Å². The van der Waals surface area contributed by atoms with Crippen molar-refractivity contribution in [2.45, 2.75) is 19.5 Å². The lowest BCUT2D eigenvalue weighted by Crippen LogP contribution is -2.33. The number of anilines is 1. The van der Waals surface area contributed by atoms with E-state index in [4.69, 9.17) is 5.73 Å². The molecule has 136 valence electrons. The third kappa shape index (κ3) is 3.40. The Labute approximate surface area is 146 Å².